The van der Waals surface area contributed by atoms with Gasteiger partial charge in [0.1, 0.15) is 23.1 Å². The molecule has 3 rings (SSSR count). The van der Waals surface area contributed by atoms with Crippen molar-refractivity contribution in [3.8, 4) is 0 Å². The van der Waals surface area contributed by atoms with Crippen LogP contribution in [0.5, 0.6) is 0 Å². The molecule has 2 aliphatic rings. The first kappa shape index (κ1) is 13.8. The van der Waals surface area contributed by atoms with E-state index in [2.05, 4.69) is 4.98 Å². The highest BCUT2D eigenvalue weighted by atomic mass is 35.5. The number of amides is 1. The van der Waals surface area contributed by atoms with Crippen molar-refractivity contribution >= 4 is 17.5 Å². The van der Waals surface area contributed by atoms with Gasteiger partial charge in [-0.15, -0.1) is 0 Å². The van der Waals surface area contributed by atoms with E-state index in [1.165, 1.54) is 4.90 Å². The number of halogens is 2. The number of carbonyl (C=O) groups excluding carboxylic acids is 1. The number of aromatic nitrogens is 1. The largest absolute Gasteiger partial charge is 0.388 e. The van der Waals surface area contributed by atoms with Gasteiger partial charge in [0.15, 0.2) is 0 Å². The van der Waals surface area contributed by atoms with Crippen LogP contribution in [0.2, 0.25) is 5.15 Å². The van der Waals surface area contributed by atoms with Gasteiger partial charge in [0.25, 0.3) is 5.91 Å². The van der Waals surface area contributed by atoms with Gasteiger partial charge in [-0.2, -0.15) is 0 Å². The van der Waals surface area contributed by atoms with Crippen molar-refractivity contribution in [1.29, 1.82) is 0 Å². The molecule has 1 spiro atoms. The fourth-order valence-corrected chi connectivity index (χ4v) is 3.62. The molecule has 4 nitrogen and oxygen atoms in total. The summed E-state index contributed by atoms with van der Waals surface area (Å²) in [6, 6.07) is 4.79. The van der Waals surface area contributed by atoms with Gasteiger partial charge in [-0.3, -0.25) is 4.79 Å². The van der Waals surface area contributed by atoms with Crippen LogP contribution in [0.4, 0.5) is 4.39 Å². The maximum Gasteiger partial charge on any atom is 0.273 e. The Balaban J connectivity index is 1.94. The highest BCUT2D eigenvalue weighted by molar-refractivity contribution is 6.29. The van der Waals surface area contributed by atoms with Gasteiger partial charge in [-0.1, -0.05) is 30.5 Å². The van der Waals surface area contributed by atoms with E-state index >= 15 is 0 Å². The SMILES string of the molecule is O=C(c1cccc(Cl)n1)N1C[C@H](F)[C@H](O)C12CCCC2. The quantitative estimate of drug-likeness (QED) is 0.809. The van der Waals surface area contributed by atoms with Crippen molar-refractivity contribution in [2.24, 2.45) is 0 Å². The Morgan fingerprint density at radius 1 is 1.45 bits per heavy atom. The lowest BCUT2D eigenvalue weighted by Gasteiger charge is -2.36. The number of carbonyl (C=O) groups is 1. The van der Waals surface area contributed by atoms with Gasteiger partial charge in [-0.05, 0) is 25.0 Å². The lowest BCUT2D eigenvalue weighted by atomic mass is 9.90. The molecule has 1 saturated heterocycles. The molecule has 0 bridgehead atoms. The fourth-order valence-electron chi connectivity index (χ4n) is 3.46. The Morgan fingerprint density at radius 3 is 2.80 bits per heavy atom. The molecular formula is C14H16ClFN2O2. The van der Waals surface area contributed by atoms with E-state index in [-0.39, 0.29) is 23.3 Å². The zero-order valence-corrected chi connectivity index (χ0v) is 11.7. The number of hydrogen-bond acceptors (Lipinski definition) is 3. The third kappa shape index (κ3) is 2.00. The van der Waals surface area contributed by atoms with Crippen molar-refractivity contribution in [3.63, 3.8) is 0 Å². The zero-order valence-electron chi connectivity index (χ0n) is 10.9. The Hall–Kier alpha value is -1.20. The average molecular weight is 299 g/mol. The van der Waals surface area contributed by atoms with Crippen LogP contribution in [0.25, 0.3) is 0 Å². The monoisotopic (exact) mass is 298 g/mol. The molecule has 6 heteroatoms. The van der Waals surface area contributed by atoms with Crippen LogP contribution < -0.4 is 0 Å². The van der Waals surface area contributed by atoms with E-state index in [1.54, 1.807) is 18.2 Å². The number of alkyl halides is 1. The van der Waals surface area contributed by atoms with Gasteiger partial charge >= 0.3 is 0 Å². The van der Waals surface area contributed by atoms with Gasteiger partial charge in [0, 0.05) is 0 Å². The Labute approximate surface area is 121 Å². The molecule has 2 heterocycles. The topological polar surface area (TPSA) is 53.4 Å². The molecule has 108 valence electrons. The van der Waals surface area contributed by atoms with Gasteiger partial charge in [0.2, 0.25) is 0 Å². The summed E-state index contributed by atoms with van der Waals surface area (Å²) in [5.74, 6) is -0.353. The van der Waals surface area contributed by atoms with Crippen LogP contribution in [0.3, 0.4) is 0 Å². The molecule has 1 aromatic rings. The number of pyridine rings is 1. The maximum absolute atomic E-state index is 13.9. The molecule has 0 aromatic carbocycles. The molecular weight excluding hydrogens is 283 g/mol. The highest BCUT2D eigenvalue weighted by Crippen LogP contribution is 2.44. The first-order valence-electron chi connectivity index (χ1n) is 6.81. The van der Waals surface area contributed by atoms with Crippen LogP contribution in [0.1, 0.15) is 36.2 Å². The van der Waals surface area contributed by atoms with Crippen LogP contribution in [0, 0.1) is 0 Å². The summed E-state index contributed by atoms with van der Waals surface area (Å²) in [6.07, 6.45) is 0.582. The van der Waals surface area contributed by atoms with Crippen LogP contribution in [0.15, 0.2) is 18.2 Å². The minimum Gasteiger partial charge on any atom is -0.388 e. The number of rotatable bonds is 1. The Kier molecular flexibility index (Phi) is 3.42. The van der Waals surface area contributed by atoms with E-state index in [9.17, 15) is 14.3 Å². The molecule has 0 radical (unpaired) electrons. The molecule has 1 aliphatic heterocycles. The van der Waals surface area contributed by atoms with Gasteiger partial charge in [-0.25, -0.2) is 9.37 Å². The van der Waals surface area contributed by atoms with Crippen LogP contribution in [-0.2, 0) is 0 Å². The second kappa shape index (κ2) is 4.97. The average Bonchev–Trinajstić information content (AvgIpc) is 3.01. The first-order chi connectivity index (χ1) is 9.54. The minimum absolute atomic E-state index is 0.0752. The van der Waals surface area contributed by atoms with Gasteiger partial charge < -0.3 is 10.0 Å². The number of aliphatic hydroxyl groups is 1. The highest BCUT2D eigenvalue weighted by Gasteiger charge is 2.56. The summed E-state index contributed by atoms with van der Waals surface area (Å²) in [5, 5.41) is 10.4. The van der Waals surface area contributed by atoms with Crippen molar-refractivity contribution in [1.82, 2.24) is 9.88 Å². The van der Waals surface area contributed by atoms with Crippen LogP contribution in [-0.4, -0.2) is 45.3 Å². The second-order valence-corrected chi connectivity index (χ2v) is 5.92. The molecule has 1 amide bonds. The summed E-state index contributed by atoms with van der Waals surface area (Å²) < 4.78 is 13.9. The summed E-state index contributed by atoms with van der Waals surface area (Å²) in [4.78, 5) is 18.0. The van der Waals surface area contributed by atoms with E-state index in [0.29, 0.717) is 12.8 Å². The van der Waals surface area contributed by atoms with Crippen molar-refractivity contribution in [2.75, 3.05) is 6.54 Å². The molecule has 0 unspecified atom stereocenters. The predicted molar refractivity (Wildman–Crippen MR) is 72.4 cm³/mol. The number of aliphatic hydroxyl groups excluding tert-OH is 1. The lowest BCUT2D eigenvalue weighted by molar-refractivity contribution is 0.0135. The minimum atomic E-state index is -1.39. The fraction of sp³-hybridized carbons (Fsp3) is 0.571. The third-order valence-corrected chi connectivity index (χ3v) is 4.65. The van der Waals surface area contributed by atoms with Crippen molar-refractivity contribution < 1.29 is 14.3 Å². The van der Waals surface area contributed by atoms with Crippen molar-refractivity contribution in [3.05, 3.63) is 29.0 Å². The summed E-state index contributed by atoms with van der Waals surface area (Å²) in [5.41, 5.74) is -0.564. The summed E-state index contributed by atoms with van der Waals surface area (Å²) >= 11 is 5.80. The molecule has 20 heavy (non-hydrogen) atoms. The smallest absolute Gasteiger partial charge is 0.273 e. The Morgan fingerprint density at radius 2 is 2.15 bits per heavy atom. The van der Waals surface area contributed by atoms with E-state index in [1.807, 2.05) is 0 Å². The van der Waals surface area contributed by atoms with E-state index in [4.69, 9.17) is 11.6 Å². The van der Waals surface area contributed by atoms with Gasteiger partial charge in [0.05, 0.1) is 12.1 Å². The molecule has 1 saturated carbocycles. The number of hydrogen-bond donors (Lipinski definition) is 1. The predicted octanol–water partition coefficient (Wildman–Crippen LogP) is 2.20. The van der Waals surface area contributed by atoms with E-state index in [0.717, 1.165) is 12.8 Å². The third-order valence-electron chi connectivity index (χ3n) is 4.44. The Bertz CT molecular complexity index is 534. The normalized spacial score (nSPS) is 28.2. The number of likely N-dealkylation sites (tertiary alicyclic amines) is 1. The zero-order chi connectivity index (χ0) is 14.3. The molecule has 2 atom stereocenters. The second-order valence-electron chi connectivity index (χ2n) is 5.53. The maximum atomic E-state index is 13.9. The molecule has 1 aliphatic carbocycles. The lowest BCUT2D eigenvalue weighted by Crippen LogP contribution is -2.51. The first-order valence-corrected chi connectivity index (χ1v) is 7.19. The van der Waals surface area contributed by atoms with E-state index < -0.39 is 17.8 Å². The van der Waals surface area contributed by atoms with Crippen molar-refractivity contribution in [2.45, 2.75) is 43.5 Å². The molecule has 2 fully saturated rings. The molecule has 1 N–H and O–H groups in total. The summed E-state index contributed by atoms with van der Waals surface area (Å²) in [7, 11) is 0. The molecule has 1 aromatic heterocycles. The standard InChI is InChI=1S/C14H16ClFN2O2/c15-11-5-3-4-10(17-11)13(20)18-8-9(16)12(19)14(18)6-1-2-7-14/h3-5,9,12,19H,1-2,6-8H2/t9-,12-/m0/s1. The van der Waals surface area contributed by atoms with Crippen LogP contribution >= 0.6 is 11.6 Å². The summed E-state index contributed by atoms with van der Waals surface area (Å²) in [6.45, 7) is -0.0752. The number of nitrogens with zero attached hydrogens (tertiary/aromatic N) is 2.